The maximum absolute atomic E-state index is 11.9. The Morgan fingerprint density at radius 2 is 1.70 bits per heavy atom. The highest BCUT2D eigenvalue weighted by Gasteiger charge is 2.16. The van der Waals surface area contributed by atoms with Gasteiger partial charge in [-0.15, -0.1) is 0 Å². The van der Waals surface area contributed by atoms with Crippen LogP contribution >= 0.6 is 0 Å². The number of hydrogen-bond donors (Lipinski definition) is 1. The number of rotatable bonds is 6. The number of H-pyrrole nitrogens is 1. The third-order valence-electron chi connectivity index (χ3n) is 5.75. The first-order chi connectivity index (χ1) is 15.9. The Balaban J connectivity index is 1.63. The van der Waals surface area contributed by atoms with E-state index in [2.05, 4.69) is 11.1 Å². The van der Waals surface area contributed by atoms with E-state index in [1.54, 1.807) is 6.07 Å². The molecule has 1 aromatic heterocycles. The highest BCUT2D eigenvalue weighted by atomic mass is 16.5. The second kappa shape index (κ2) is 9.05. The number of aromatic amines is 1. The summed E-state index contributed by atoms with van der Waals surface area (Å²) in [4.78, 5) is 25.3. The van der Waals surface area contributed by atoms with E-state index in [9.17, 15) is 14.9 Å². The van der Waals surface area contributed by atoms with E-state index in [0.717, 1.165) is 33.2 Å². The molecule has 7 nitrogen and oxygen atoms in total. The molecule has 0 aliphatic heterocycles. The number of ether oxygens (including phenoxy) is 2. The Hall–Kier alpha value is -4.31. The second-order valence-electron chi connectivity index (χ2n) is 7.78. The summed E-state index contributed by atoms with van der Waals surface area (Å²) in [5.74, 6) is 1.81. The minimum atomic E-state index is -0.481. The molecule has 4 aromatic rings. The Bertz CT molecular complexity index is 1510. The number of benzene rings is 3. The Morgan fingerprint density at radius 3 is 2.42 bits per heavy atom. The van der Waals surface area contributed by atoms with Crippen molar-refractivity contribution in [1.29, 1.82) is 5.26 Å². The number of fused-ring (bicyclic) bond motifs is 1. The summed E-state index contributed by atoms with van der Waals surface area (Å²) in [5.41, 5.74) is 2.73. The molecule has 0 aliphatic rings. The monoisotopic (exact) mass is 441 g/mol. The maximum Gasteiger partial charge on any atom is 0.328 e. The largest absolute Gasteiger partial charge is 0.488 e. The predicted octanol–water partition coefficient (Wildman–Crippen LogP) is 4.36. The van der Waals surface area contributed by atoms with Crippen molar-refractivity contribution in [2.24, 2.45) is 0 Å². The SMILES string of the molecule is Cc1c(Oc2ccccc2OCCn2ccc(=O)[nH]c2=O)c(C)c2cc(C#N)ccc2c1C. The van der Waals surface area contributed by atoms with Crippen LogP contribution in [0.1, 0.15) is 22.3 Å². The summed E-state index contributed by atoms with van der Waals surface area (Å²) >= 11 is 0. The van der Waals surface area contributed by atoms with Crippen molar-refractivity contribution in [3.63, 3.8) is 0 Å². The van der Waals surface area contributed by atoms with Crippen molar-refractivity contribution in [1.82, 2.24) is 9.55 Å². The maximum atomic E-state index is 11.9. The molecule has 0 radical (unpaired) electrons. The Kier molecular flexibility index (Phi) is 6.01. The smallest absolute Gasteiger partial charge is 0.328 e. The molecular formula is C26H23N3O4. The van der Waals surface area contributed by atoms with Crippen molar-refractivity contribution in [3.8, 4) is 23.3 Å². The van der Waals surface area contributed by atoms with Gasteiger partial charge in [-0.25, -0.2) is 4.79 Å². The number of hydrogen-bond acceptors (Lipinski definition) is 5. The van der Waals surface area contributed by atoms with E-state index in [1.807, 2.05) is 57.2 Å². The standard InChI is InChI=1S/C26H23N3O4/c1-16-17(2)25(18(3)21-14-19(15-27)8-9-20(16)21)33-23-7-5-4-6-22(23)32-13-12-29-11-10-24(30)28-26(29)31/h4-11,14H,12-13H2,1-3H3,(H,28,30,31). The van der Waals surface area contributed by atoms with E-state index >= 15 is 0 Å². The summed E-state index contributed by atoms with van der Waals surface area (Å²) in [6.07, 6.45) is 1.44. The molecule has 7 heteroatoms. The number of aromatic nitrogens is 2. The van der Waals surface area contributed by atoms with E-state index in [0.29, 0.717) is 17.1 Å². The van der Waals surface area contributed by atoms with Gasteiger partial charge in [0.2, 0.25) is 0 Å². The molecule has 4 rings (SSSR count). The summed E-state index contributed by atoms with van der Waals surface area (Å²) < 4.78 is 13.6. The average molecular weight is 441 g/mol. The summed E-state index contributed by atoms with van der Waals surface area (Å²) in [7, 11) is 0. The normalized spacial score (nSPS) is 10.7. The number of nitrogens with one attached hydrogen (secondary N) is 1. The summed E-state index contributed by atoms with van der Waals surface area (Å²) in [6, 6.07) is 16.5. The molecule has 0 atom stereocenters. The fourth-order valence-electron chi connectivity index (χ4n) is 3.82. The van der Waals surface area contributed by atoms with Gasteiger partial charge in [-0.05, 0) is 72.5 Å². The van der Waals surface area contributed by atoms with Gasteiger partial charge in [0.1, 0.15) is 12.4 Å². The number of aryl methyl sites for hydroxylation is 2. The van der Waals surface area contributed by atoms with Gasteiger partial charge in [0.05, 0.1) is 18.2 Å². The molecule has 0 saturated heterocycles. The lowest BCUT2D eigenvalue weighted by atomic mass is 9.94. The van der Waals surface area contributed by atoms with Crippen LogP contribution in [0.5, 0.6) is 17.2 Å². The van der Waals surface area contributed by atoms with Crippen LogP contribution in [0.4, 0.5) is 0 Å². The topological polar surface area (TPSA) is 97.1 Å². The van der Waals surface area contributed by atoms with Gasteiger partial charge in [0.25, 0.3) is 5.56 Å². The third-order valence-corrected chi connectivity index (χ3v) is 5.75. The van der Waals surface area contributed by atoms with Crippen LogP contribution in [0.3, 0.4) is 0 Å². The van der Waals surface area contributed by atoms with Crippen molar-refractivity contribution in [3.05, 3.63) is 97.8 Å². The molecule has 166 valence electrons. The van der Waals surface area contributed by atoms with E-state index in [4.69, 9.17) is 9.47 Å². The number of nitriles is 1. The van der Waals surface area contributed by atoms with Crippen molar-refractivity contribution in [2.75, 3.05) is 6.61 Å². The molecule has 0 bridgehead atoms. The lowest BCUT2D eigenvalue weighted by molar-refractivity contribution is 0.283. The first-order valence-corrected chi connectivity index (χ1v) is 10.5. The van der Waals surface area contributed by atoms with Crippen LogP contribution in [0.25, 0.3) is 10.8 Å². The molecule has 0 saturated carbocycles. The molecule has 0 fully saturated rings. The van der Waals surface area contributed by atoms with Gasteiger partial charge in [-0.2, -0.15) is 5.26 Å². The van der Waals surface area contributed by atoms with Gasteiger partial charge < -0.3 is 9.47 Å². The van der Waals surface area contributed by atoms with E-state index in [1.165, 1.54) is 16.8 Å². The van der Waals surface area contributed by atoms with Crippen molar-refractivity contribution < 1.29 is 9.47 Å². The molecule has 1 N–H and O–H groups in total. The fourth-order valence-corrected chi connectivity index (χ4v) is 3.82. The quantitative estimate of drug-likeness (QED) is 0.480. The van der Waals surface area contributed by atoms with Crippen LogP contribution in [-0.2, 0) is 6.54 Å². The van der Waals surface area contributed by atoms with Crippen LogP contribution < -0.4 is 20.7 Å². The molecule has 0 unspecified atom stereocenters. The van der Waals surface area contributed by atoms with E-state index < -0.39 is 11.2 Å². The van der Waals surface area contributed by atoms with Gasteiger partial charge in [0, 0.05) is 12.3 Å². The fraction of sp³-hybridized carbons (Fsp3) is 0.192. The Labute approximate surface area is 190 Å². The predicted molar refractivity (Wildman–Crippen MR) is 126 cm³/mol. The van der Waals surface area contributed by atoms with Crippen LogP contribution in [-0.4, -0.2) is 16.2 Å². The van der Waals surface area contributed by atoms with Crippen molar-refractivity contribution >= 4 is 10.8 Å². The molecular weight excluding hydrogens is 418 g/mol. The molecule has 0 spiro atoms. The third kappa shape index (κ3) is 4.37. The number of para-hydroxylation sites is 2. The zero-order chi connectivity index (χ0) is 23.5. The molecule has 33 heavy (non-hydrogen) atoms. The molecule has 0 aliphatic carbocycles. The van der Waals surface area contributed by atoms with Gasteiger partial charge in [-0.3, -0.25) is 14.3 Å². The first kappa shape index (κ1) is 21.9. The Morgan fingerprint density at radius 1 is 0.939 bits per heavy atom. The number of nitrogens with zero attached hydrogens (tertiary/aromatic N) is 2. The highest BCUT2D eigenvalue weighted by Crippen LogP contribution is 2.40. The lowest BCUT2D eigenvalue weighted by Crippen LogP contribution is -2.30. The zero-order valence-electron chi connectivity index (χ0n) is 18.6. The molecule has 1 heterocycles. The first-order valence-electron chi connectivity index (χ1n) is 10.5. The lowest BCUT2D eigenvalue weighted by Gasteiger charge is -2.19. The van der Waals surface area contributed by atoms with Gasteiger partial charge in [-0.1, -0.05) is 18.2 Å². The van der Waals surface area contributed by atoms with E-state index in [-0.39, 0.29) is 13.2 Å². The zero-order valence-corrected chi connectivity index (χ0v) is 18.6. The van der Waals surface area contributed by atoms with Crippen LogP contribution in [0.2, 0.25) is 0 Å². The minimum absolute atomic E-state index is 0.215. The second-order valence-corrected chi connectivity index (χ2v) is 7.78. The summed E-state index contributed by atoms with van der Waals surface area (Å²) in [5, 5.41) is 11.4. The summed E-state index contributed by atoms with van der Waals surface area (Å²) in [6.45, 7) is 6.53. The average Bonchev–Trinajstić information content (AvgIpc) is 2.82. The minimum Gasteiger partial charge on any atom is -0.488 e. The van der Waals surface area contributed by atoms with Crippen molar-refractivity contribution in [2.45, 2.75) is 27.3 Å². The molecule has 3 aromatic carbocycles. The van der Waals surface area contributed by atoms with Gasteiger partial charge >= 0.3 is 5.69 Å². The van der Waals surface area contributed by atoms with Crippen LogP contribution in [0.15, 0.2) is 64.3 Å². The highest BCUT2D eigenvalue weighted by molar-refractivity contribution is 5.92. The van der Waals surface area contributed by atoms with Crippen LogP contribution in [0, 0.1) is 32.1 Å². The van der Waals surface area contributed by atoms with Gasteiger partial charge in [0.15, 0.2) is 11.5 Å². The molecule has 0 amide bonds.